The first kappa shape index (κ1) is 15.6. The van der Waals surface area contributed by atoms with Crippen LogP contribution in [-0.2, 0) is 6.42 Å². The van der Waals surface area contributed by atoms with E-state index in [2.05, 4.69) is 0 Å². The van der Waals surface area contributed by atoms with Crippen molar-refractivity contribution in [2.45, 2.75) is 23.2 Å². The molecule has 0 bridgehead atoms. The summed E-state index contributed by atoms with van der Waals surface area (Å²) < 4.78 is 36.2. The van der Waals surface area contributed by atoms with Gasteiger partial charge in [-0.1, -0.05) is 12.1 Å². The molecule has 92 valence electrons. The van der Waals surface area contributed by atoms with E-state index in [9.17, 15) is 13.2 Å². The van der Waals surface area contributed by atoms with E-state index >= 15 is 0 Å². The molecule has 0 spiro atoms. The molecule has 1 aromatic rings. The highest BCUT2D eigenvalue weighted by atomic mass is 35.5. The summed E-state index contributed by atoms with van der Waals surface area (Å²) in [6, 6.07) is 6.48. The van der Waals surface area contributed by atoms with Crippen LogP contribution in [0.1, 0.15) is 12.0 Å². The molecule has 0 saturated heterocycles. The monoisotopic (exact) mass is 271 g/mol. The Morgan fingerprint density at radius 2 is 1.94 bits per heavy atom. The summed E-state index contributed by atoms with van der Waals surface area (Å²) in [5.41, 5.74) is 2.01. The van der Waals surface area contributed by atoms with Crippen molar-refractivity contribution in [1.82, 2.24) is 0 Å². The lowest BCUT2D eigenvalue weighted by molar-refractivity contribution is -0.0328. The normalized spacial score (nSPS) is 11.0. The predicted octanol–water partition coefficient (Wildman–Crippen LogP) is 3.61. The van der Waals surface area contributed by atoms with Crippen molar-refractivity contribution < 1.29 is 13.2 Å². The van der Waals surface area contributed by atoms with Crippen molar-refractivity contribution in [2.75, 3.05) is 6.54 Å². The highest BCUT2D eigenvalue weighted by molar-refractivity contribution is 8.00. The van der Waals surface area contributed by atoms with Crippen LogP contribution >= 0.6 is 24.2 Å². The van der Waals surface area contributed by atoms with Gasteiger partial charge in [0.05, 0.1) is 0 Å². The van der Waals surface area contributed by atoms with Crippen molar-refractivity contribution in [3.63, 3.8) is 0 Å². The van der Waals surface area contributed by atoms with Gasteiger partial charge in [-0.15, -0.1) is 12.4 Å². The Bertz CT molecular complexity index is 317. The summed E-state index contributed by atoms with van der Waals surface area (Å²) in [4.78, 5) is 0.233. The maximum absolute atomic E-state index is 12.1. The lowest BCUT2D eigenvalue weighted by Gasteiger charge is -2.07. The van der Waals surface area contributed by atoms with Crippen LogP contribution in [0.3, 0.4) is 0 Å². The smallest absolute Gasteiger partial charge is 0.330 e. The Hall–Kier alpha value is -0.390. The fourth-order valence-electron chi connectivity index (χ4n) is 1.20. The number of alkyl halides is 3. The molecule has 6 heteroatoms. The van der Waals surface area contributed by atoms with Gasteiger partial charge in [0.25, 0.3) is 0 Å². The van der Waals surface area contributed by atoms with Gasteiger partial charge in [-0.3, -0.25) is 0 Å². The molecule has 0 atom stereocenters. The second kappa shape index (κ2) is 7.04. The highest BCUT2D eigenvalue weighted by Crippen LogP contribution is 2.36. The number of benzene rings is 1. The van der Waals surface area contributed by atoms with Gasteiger partial charge < -0.3 is 5.73 Å². The Balaban J connectivity index is 0.00000225. The van der Waals surface area contributed by atoms with Crippen molar-refractivity contribution >= 4 is 24.2 Å². The van der Waals surface area contributed by atoms with Crippen LogP contribution in [0.2, 0.25) is 0 Å². The summed E-state index contributed by atoms with van der Waals surface area (Å²) in [5, 5.41) is 0. The van der Waals surface area contributed by atoms with Crippen molar-refractivity contribution in [3.8, 4) is 0 Å². The average Bonchev–Trinajstić information content (AvgIpc) is 2.12. The molecule has 0 saturated carbocycles. The number of halogens is 4. The van der Waals surface area contributed by atoms with Crippen LogP contribution in [0.4, 0.5) is 13.2 Å². The highest BCUT2D eigenvalue weighted by Gasteiger charge is 2.29. The third-order valence-electron chi connectivity index (χ3n) is 1.80. The molecule has 1 rings (SSSR count). The third kappa shape index (κ3) is 6.25. The molecule has 0 aliphatic rings. The maximum atomic E-state index is 12.1. The Labute approximate surface area is 103 Å². The molecule has 0 amide bonds. The fraction of sp³-hybridized carbons (Fsp3) is 0.400. The van der Waals surface area contributed by atoms with Crippen LogP contribution in [0.5, 0.6) is 0 Å². The van der Waals surface area contributed by atoms with Gasteiger partial charge in [-0.25, -0.2) is 0 Å². The number of thioether (sulfide) groups is 1. The first-order chi connectivity index (χ1) is 7.01. The number of hydrogen-bond donors (Lipinski definition) is 1. The number of nitrogens with two attached hydrogens (primary N) is 1. The number of hydrogen-bond acceptors (Lipinski definition) is 2. The van der Waals surface area contributed by atoms with Crippen LogP contribution in [0.25, 0.3) is 0 Å². The molecule has 0 unspecified atom stereocenters. The molecule has 0 aliphatic heterocycles. The van der Waals surface area contributed by atoms with Gasteiger partial charge in [-0.2, -0.15) is 13.2 Å². The zero-order valence-electron chi connectivity index (χ0n) is 8.46. The lowest BCUT2D eigenvalue weighted by atomic mass is 10.1. The van der Waals surface area contributed by atoms with E-state index in [1.165, 1.54) is 6.07 Å². The van der Waals surface area contributed by atoms with Crippen LogP contribution in [-0.4, -0.2) is 12.1 Å². The SMILES string of the molecule is Cl.NCCCc1cccc(SC(F)(F)F)c1. The minimum Gasteiger partial charge on any atom is -0.330 e. The van der Waals surface area contributed by atoms with Gasteiger partial charge in [0.15, 0.2) is 0 Å². The quantitative estimate of drug-likeness (QED) is 0.847. The summed E-state index contributed by atoms with van der Waals surface area (Å²) >= 11 is -0.0829. The topological polar surface area (TPSA) is 26.0 Å². The van der Waals surface area contributed by atoms with E-state index in [4.69, 9.17) is 5.73 Å². The third-order valence-corrected chi connectivity index (χ3v) is 2.52. The molecule has 1 nitrogen and oxygen atoms in total. The maximum Gasteiger partial charge on any atom is 0.446 e. The summed E-state index contributed by atoms with van der Waals surface area (Å²) in [7, 11) is 0. The minimum atomic E-state index is -4.22. The van der Waals surface area contributed by atoms with E-state index in [1.807, 2.05) is 6.07 Å². The van der Waals surface area contributed by atoms with Crippen LogP contribution in [0.15, 0.2) is 29.2 Å². The Morgan fingerprint density at radius 3 is 2.50 bits per heavy atom. The molecule has 0 heterocycles. The lowest BCUT2D eigenvalue weighted by Crippen LogP contribution is -2.01. The molecule has 0 fully saturated rings. The van der Waals surface area contributed by atoms with Crippen molar-refractivity contribution in [2.24, 2.45) is 5.73 Å². The second-order valence-electron chi connectivity index (χ2n) is 3.09. The first-order valence-electron chi connectivity index (χ1n) is 4.56. The molecule has 16 heavy (non-hydrogen) atoms. The molecule has 0 aromatic heterocycles. The molecule has 2 N–H and O–H groups in total. The van der Waals surface area contributed by atoms with Gasteiger partial charge >= 0.3 is 5.51 Å². The van der Waals surface area contributed by atoms with Gasteiger partial charge in [0.2, 0.25) is 0 Å². The minimum absolute atomic E-state index is 0. The Morgan fingerprint density at radius 1 is 1.25 bits per heavy atom. The first-order valence-corrected chi connectivity index (χ1v) is 5.37. The van der Waals surface area contributed by atoms with Crippen molar-refractivity contribution in [1.29, 1.82) is 0 Å². The number of rotatable bonds is 4. The zero-order chi connectivity index (χ0) is 11.3. The van der Waals surface area contributed by atoms with Crippen molar-refractivity contribution in [3.05, 3.63) is 29.8 Å². The van der Waals surface area contributed by atoms with E-state index in [0.717, 1.165) is 18.4 Å². The van der Waals surface area contributed by atoms with Crippen LogP contribution < -0.4 is 5.73 Å². The Kier molecular flexibility index (Phi) is 6.87. The summed E-state index contributed by atoms with van der Waals surface area (Å²) in [5.74, 6) is 0. The molecule has 0 aliphatic carbocycles. The molecule has 1 aromatic carbocycles. The zero-order valence-corrected chi connectivity index (χ0v) is 10.1. The van der Waals surface area contributed by atoms with Crippen LogP contribution in [0, 0.1) is 0 Å². The second-order valence-corrected chi connectivity index (χ2v) is 4.23. The predicted molar refractivity (Wildman–Crippen MR) is 63.0 cm³/mol. The van der Waals surface area contributed by atoms with Gasteiger partial charge in [0, 0.05) is 4.90 Å². The average molecular weight is 272 g/mol. The largest absolute Gasteiger partial charge is 0.446 e. The number of aryl methyl sites for hydroxylation is 1. The summed E-state index contributed by atoms with van der Waals surface area (Å²) in [6.07, 6.45) is 1.52. The standard InChI is InChI=1S/C10H12F3NS.ClH/c11-10(12,13)15-9-5-1-3-8(7-9)4-2-6-14;/h1,3,5,7H,2,4,6,14H2;1H. The molecule has 0 radical (unpaired) electrons. The van der Waals surface area contributed by atoms with Gasteiger partial charge in [0.1, 0.15) is 0 Å². The van der Waals surface area contributed by atoms with E-state index in [1.54, 1.807) is 12.1 Å². The molecular formula is C10H13ClF3NS. The summed E-state index contributed by atoms with van der Waals surface area (Å²) in [6.45, 7) is 0.552. The van der Waals surface area contributed by atoms with E-state index < -0.39 is 5.51 Å². The fourth-order valence-corrected chi connectivity index (χ4v) is 1.83. The van der Waals surface area contributed by atoms with E-state index in [-0.39, 0.29) is 29.1 Å². The van der Waals surface area contributed by atoms with E-state index in [0.29, 0.717) is 6.54 Å². The van der Waals surface area contributed by atoms with Gasteiger partial charge in [-0.05, 0) is 48.8 Å². The molecular weight excluding hydrogens is 259 g/mol.